The van der Waals surface area contributed by atoms with E-state index in [0.717, 1.165) is 37.7 Å². The van der Waals surface area contributed by atoms with Gasteiger partial charge in [0.1, 0.15) is 0 Å². The number of ether oxygens (including phenoxy) is 1. The van der Waals surface area contributed by atoms with Crippen molar-refractivity contribution in [1.82, 2.24) is 19.9 Å². The Bertz CT molecular complexity index is 985. The van der Waals surface area contributed by atoms with Gasteiger partial charge in [0.05, 0.1) is 12.3 Å². The second kappa shape index (κ2) is 8.83. The molecular formula is C21H24N6O2. The molecule has 1 aliphatic heterocycles. The molecule has 1 aliphatic rings. The van der Waals surface area contributed by atoms with Crippen molar-refractivity contribution in [2.24, 2.45) is 0 Å². The fraction of sp³-hybridized carbons (Fsp3) is 0.333. The number of hydrogen-bond acceptors (Lipinski definition) is 7. The van der Waals surface area contributed by atoms with Gasteiger partial charge in [-0.3, -0.25) is 9.78 Å². The summed E-state index contributed by atoms with van der Waals surface area (Å²) in [4.78, 5) is 33.4. The van der Waals surface area contributed by atoms with E-state index in [2.05, 4.69) is 24.8 Å². The van der Waals surface area contributed by atoms with Gasteiger partial charge in [-0.15, -0.1) is 0 Å². The summed E-state index contributed by atoms with van der Waals surface area (Å²) in [5, 5.41) is 0. The SMILES string of the molecule is COCc1nc(N2CCN(c3ncccn3)CC2)[nH]c(=O)c1Cc1ccccc1. The maximum absolute atomic E-state index is 12.9. The molecule has 29 heavy (non-hydrogen) atoms. The summed E-state index contributed by atoms with van der Waals surface area (Å²) in [5.74, 6) is 1.32. The molecule has 1 fully saturated rings. The van der Waals surface area contributed by atoms with E-state index >= 15 is 0 Å². The Morgan fingerprint density at radius 1 is 1.00 bits per heavy atom. The predicted octanol–water partition coefficient (Wildman–Crippen LogP) is 1.62. The number of H-pyrrole nitrogens is 1. The molecule has 2 aromatic heterocycles. The molecule has 150 valence electrons. The molecule has 0 amide bonds. The number of aromatic nitrogens is 4. The molecule has 1 aromatic carbocycles. The van der Waals surface area contributed by atoms with E-state index in [1.807, 2.05) is 36.4 Å². The number of hydrogen-bond donors (Lipinski definition) is 1. The van der Waals surface area contributed by atoms with Crippen LogP contribution in [0.15, 0.2) is 53.6 Å². The van der Waals surface area contributed by atoms with Crippen LogP contribution >= 0.6 is 0 Å². The summed E-state index contributed by atoms with van der Waals surface area (Å²) >= 11 is 0. The zero-order valence-electron chi connectivity index (χ0n) is 16.4. The summed E-state index contributed by atoms with van der Waals surface area (Å²) in [6.07, 6.45) is 4.02. The summed E-state index contributed by atoms with van der Waals surface area (Å²) in [7, 11) is 1.62. The van der Waals surface area contributed by atoms with Gasteiger partial charge in [-0.25, -0.2) is 15.0 Å². The van der Waals surface area contributed by atoms with Gasteiger partial charge in [-0.2, -0.15) is 0 Å². The summed E-state index contributed by atoms with van der Waals surface area (Å²) in [5.41, 5.74) is 2.29. The third-order valence-electron chi connectivity index (χ3n) is 5.01. The molecule has 1 N–H and O–H groups in total. The van der Waals surface area contributed by atoms with Crippen LogP contribution in [0.5, 0.6) is 0 Å². The van der Waals surface area contributed by atoms with E-state index in [0.29, 0.717) is 30.2 Å². The lowest BCUT2D eigenvalue weighted by atomic mass is 10.0. The largest absolute Gasteiger partial charge is 0.378 e. The van der Waals surface area contributed by atoms with Crippen LogP contribution in [0.1, 0.15) is 16.8 Å². The molecule has 0 atom stereocenters. The second-order valence-electron chi connectivity index (χ2n) is 6.93. The van der Waals surface area contributed by atoms with Crippen LogP contribution in [0.4, 0.5) is 11.9 Å². The van der Waals surface area contributed by atoms with Crippen LogP contribution in [0, 0.1) is 0 Å². The van der Waals surface area contributed by atoms with Crippen LogP contribution in [0.25, 0.3) is 0 Å². The Balaban J connectivity index is 1.53. The van der Waals surface area contributed by atoms with E-state index < -0.39 is 0 Å². The Labute approximate surface area is 169 Å². The molecule has 3 heterocycles. The smallest absolute Gasteiger partial charge is 0.256 e. The Kier molecular flexibility index (Phi) is 5.81. The van der Waals surface area contributed by atoms with Crippen molar-refractivity contribution in [3.8, 4) is 0 Å². The average Bonchev–Trinajstić information content (AvgIpc) is 2.77. The van der Waals surface area contributed by atoms with E-state index in [-0.39, 0.29) is 5.56 Å². The monoisotopic (exact) mass is 392 g/mol. The molecule has 3 aromatic rings. The van der Waals surface area contributed by atoms with Crippen LogP contribution in [0.3, 0.4) is 0 Å². The highest BCUT2D eigenvalue weighted by Crippen LogP contribution is 2.16. The molecule has 0 unspecified atom stereocenters. The highest BCUT2D eigenvalue weighted by Gasteiger charge is 2.22. The van der Waals surface area contributed by atoms with Crippen LogP contribution in [0.2, 0.25) is 0 Å². The highest BCUT2D eigenvalue weighted by atomic mass is 16.5. The average molecular weight is 392 g/mol. The van der Waals surface area contributed by atoms with Crippen LogP contribution in [-0.2, 0) is 17.8 Å². The molecule has 0 bridgehead atoms. The number of anilines is 2. The van der Waals surface area contributed by atoms with Gasteiger partial charge in [0.2, 0.25) is 11.9 Å². The molecule has 0 radical (unpaired) electrons. The minimum Gasteiger partial charge on any atom is -0.378 e. The number of piperazine rings is 1. The lowest BCUT2D eigenvalue weighted by molar-refractivity contribution is 0.180. The molecular weight excluding hydrogens is 368 g/mol. The summed E-state index contributed by atoms with van der Waals surface area (Å²) in [6, 6.07) is 11.7. The van der Waals surface area contributed by atoms with Gasteiger partial charge in [0.25, 0.3) is 5.56 Å². The summed E-state index contributed by atoms with van der Waals surface area (Å²) in [6.45, 7) is 3.28. The number of rotatable bonds is 6. The zero-order chi connectivity index (χ0) is 20.1. The van der Waals surface area contributed by atoms with Crippen molar-refractivity contribution < 1.29 is 4.74 Å². The maximum Gasteiger partial charge on any atom is 0.256 e. The number of benzene rings is 1. The zero-order valence-corrected chi connectivity index (χ0v) is 16.4. The van der Waals surface area contributed by atoms with E-state index in [9.17, 15) is 4.79 Å². The normalized spacial score (nSPS) is 14.2. The Morgan fingerprint density at radius 2 is 1.69 bits per heavy atom. The Hall–Kier alpha value is -3.26. The lowest BCUT2D eigenvalue weighted by Crippen LogP contribution is -2.48. The van der Waals surface area contributed by atoms with Crippen molar-refractivity contribution in [3.63, 3.8) is 0 Å². The second-order valence-corrected chi connectivity index (χ2v) is 6.93. The summed E-state index contributed by atoms with van der Waals surface area (Å²) < 4.78 is 5.32. The first-order valence-corrected chi connectivity index (χ1v) is 9.66. The molecule has 0 saturated carbocycles. The Morgan fingerprint density at radius 3 is 2.38 bits per heavy atom. The first kappa shape index (κ1) is 19.1. The van der Waals surface area contributed by atoms with Gasteiger partial charge >= 0.3 is 0 Å². The van der Waals surface area contributed by atoms with Gasteiger partial charge in [-0.05, 0) is 11.6 Å². The third kappa shape index (κ3) is 4.43. The van der Waals surface area contributed by atoms with Crippen molar-refractivity contribution in [3.05, 3.63) is 76.0 Å². The number of aromatic amines is 1. The minimum absolute atomic E-state index is 0.111. The van der Waals surface area contributed by atoms with Crippen molar-refractivity contribution in [2.45, 2.75) is 13.0 Å². The molecule has 0 aliphatic carbocycles. The van der Waals surface area contributed by atoms with E-state index in [1.54, 1.807) is 19.5 Å². The van der Waals surface area contributed by atoms with E-state index in [1.165, 1.54) is 0 Å². The van der Waals surface area contributed by atoms with Crippen molar-refractivity contribution in [2.75, 3.05) is 43.1 Å². The quantitative estimate of drug-likeness (QED) is 0.682. The predicted molar refractivity (Wildman–Crippen MR) is 111 cm³/mol. The molecule has 1 saturated heterocycles. The van der Waals surface area contributed by atoms with Crippen LogP contribution < -0.4 is 15.4 Å². The van der Waals surface area contributed by atoms with Gasteiger partial charge in [-0.1, -0.05) is 30.3 Å². The molecule has 8 heteroatoms. The van der Waals surface area contributed by atoms with Crippen LogP contribution in [-0.4, -0.2) is 53.2 Å². The molecule has 0 spiro atoms. The highest BCUT2D eigenvalue weighted by molar-refractivity contribution is 5.39. The maximum atomic E-state index is 12.9. The fourth-order valence-electron chi connectivity index (χ4n) is 3.49. The standard InChI is InChI=1S/C21H24N6O2/c1-29-15-18-17(14-16-6-3-2-4-7-16)19(28)25-21(24-18)27-12-10-26(11-13-27)20-22-8-5-9-23-20/h2-9H,10-15H2,1H3,(H,24,25,28). The van der Waals surface area contributed by atoms with Gasteiger partial charge < -0.3 is 14.5 Å². The van der Waals surface area contributed by atoms with Gasteiger partial charge in [0, 0.05) is 57.7 Å². The number of nitrogens with one attached hydrogen (secondary N) is 1. The first-order chi connectivity index (χ1) is 14.2. The first-order valence-electron chi connectivity index (χ1n) is 9.66. The topological polar surface area (TPSA) is 87.2 Å². The minimum atomic E-state index is -0.111. The van der Waals surface area contributed by atoms with Gasteiger partial charge in [0.15, 0.2) is 0 Å². The molecule has 8 nitrogen and oxygen atoms in total. The van der Waals surface area contributed by atoms with Crippen molar-refractivity contribution in [1.29, 1.82) is 0 Å². The fourth-order valence-corrected chi connectivity index (χ4v) is 3.49. The van der Waals surface area contributed by atoms with Crippen molar-refractivity contribution >= 4 is 11.9 Å². The third-order valence-corrected chi connectivity index (χ3v) is 5.01. The molecule has 4 rings (SSSR count). The number of methoxy groups -OCH3 is 1. The number of nitrogens with zero attached hydrogens (tertiary/aromatic N) is 5. The lowest BCUT2D eigenvalue weighted by Gasteiger charge is -2.35. The van der Waals surface area contributed by atoms with E-state index in [4.69, 9.17) is 9.72 Å².